The van der Waals surface area contributed by atoms with Crippen molar-refractivity contribution in [1.82, 2.24) is 9.78 Å². The molecule has 0 saturated heterocycles. The fourth-order valence-corrected chi connectivity index (χ4v) is 1.76. The second kappa shape index (κ2) is 3.77. The number of nitrogens with zero attached hydrogens (tertiary/aromatic N) is 1. The van der Waals surface area contributed by atoms with Crippen molar-refractivity contribution >= 4 is 0 Å². The van der Waals surface area contributed by atoms with E-state index in [1.165, 1.54) is 5.56 Å². The molecule has 2 aromatic rings. The molecule has 0 aliphatic heterocycles. The van der Waals surface area contributed by atoms with E-state index in [1.807, 2.05) is 42.8 Å². The molecule has 2 rings (SSSR count). The van der Waals surface area contributed by atoms with Gasteiger partial charge in [-0.15, -0.1) is 0 Å². The van der Waals surface area contributed by atoms with Crippen LogP contribution in [0, 0.1) is 6.92 Å². The molecule has 0 unspecified atom stereocenters. The molecular weight excluding hydrogens is 188 g/mol. The maximum atomic E-state index is 11.3. The van der Waals surface area contributed by atoms with Crippen molar-refractivity contribution in [1.29, 1.82) is 0 Å². The highest BCUT2D eigenvalue weighted by molar-refractivity contribution is 5.63. The smallest absolute Gasteiger partial charge is 0.264 e. The number of hydrogen-bond acceptors (Lipinski definition) is 1. The van der Waals surface area contributed by atoms with E-state index in [0.717, 1.165) is 17.8 Å². The maximum Gasteiger partial charge on any atom is 0.264 e. The molecule has 0 amide bonds. The largest absolute Gasteiger partial charge is 0.285 e. The van der Waals surface area contributed by atoms with Gasteiger partial charge in [0.25, 0.3) is 5.56 Å². The van der Waals surface area contributed by atoms with Crippen LogP contribution in [0.2, 0.25) is 0 Å². The molecular formula is C12H14N2O. The summed E-state index contributed by atoms with van der Waals surface area (Å²) in [4.78, 5) is 11.3. The summed E-state index contributed by atoms with van der Waals surface area (Å²) in [6, 6.07) is 9.71. The van der Waals surface area contributed by atoms with Crippen LogP contribution < -0.4 is 5.56 Å². The van der Waals surface area contributed by atoms with Gasteiger partial charge < -0.3 is 0 Å². The maximum absolute atomic E-state index is 11.3. The molecule has 0 atom stereocenters. The van der Waals surface area contributed by atoms with Crippen LogP contribution in [0.3, 0.4) is 0 Å². The van der Waals surface area contributed by atoms with Gasteiger partial charge in [-0.25, -0.2) is 0 Å². The van der Waals surface area contributed by atoms with E-state index < -0.39 is 0 Å². The molecule has 0 bridgehead atoms. The zero-order valence-electron chi connectivity index (χ0n) is 8.95. The number of aromatic amines is 1. The highest BCUT2D eigenvalue weighted by Gasteiger charge is 2.07. The van der Waals surface area contributed by atoms with E-state index >= 15 is 0 Å². The van der Waals surface area contributed by atoms with Crippen molar-refractivity contribution in [2.75, 3.05) is 0 Å². The van der Waals surface area contributed by atoms with Crippen LogP contribution in [0.25, 0.3) is 11.3 Å². The molecule has 0 radical (unpaired) electrons. The normalized spacial score (nSPS) is 10.5. The Morgan fingerprint density at radius 2 is 2.07 bits per heavy atom. The lowest BCUT2D eigenvalue weighted by Gasteiger charge is -2.07. The summed E-state index contributed by atoms with van der Waals surface area (Å²) in [5.74, 6) is 0. The van der Waals surface area contributed by atoms with Gasteiger partial charge in [0.05, 0.1) is 5.69 Å². The van der Waals surface area contributed by atoms with Gasteiger partial charge in [-0.1, -0.05) is 24.3 Å². The Balaban J connectivity index is 2.63. The minimum absolute atomic E-state index is 0.0462. The van der Waals surface area contributed by atoms with Crippen molar-refractivity contribution in [3.05, 3.63) is 46.2 Å². The summed E-state index contributed by atoms with van der Waals surface area (Å²) < 4.78 is 1.87. The molecule has 0 aliphatic rings. The van der Waals surface area contributed by atoms with Crippen LogP contribution in [0.1, 0.15) is 12.5 Å². The van der Waals surface area contributed by atoms with E-state index in [0.29, 0.717) is 0 Å². The van der Waals surface area contributed by atoms with Crippen molar-refractivity contribution in [2.24, 2.45) is 0 Å². The minimum atomic E-state index is -0.0462. The first-order chi connectivity index (χ1) is 7.22. The lowest BCUT2D eigenvalue weighted by atomic mass is 10.1. The van der Waals surface area contributed by atoms with Crippen LogP contribution in [-0.2, 0) is 6.54 Å². The quantitative estimate of drug-likeness (QED) is 0.796. The molecule has 3 nitrogen and oxygen atoms in total. The third-order valence-corrected chi connectivity index (χ3v) is 2.54. The van der Waals surface area contributed by atoms with E-state index in [4.69, 9.17) is 0 Å². The fraction of sp³-hybridized carbons (Fsp3) is 0.250. The zero-order chi connectivity index (χ0) is 10.8. The summed E-state index contributed by atoms with van der Waals surface area (Å²) in [5, 5.41) is 2.78. The number of H-pyrrole nitrogens is 1. The van der Waals surface area contributed by atoms with Gasteiger partial charge >= 0.3 is 0 Å². The molecule has 3 heteroatoms. The SMILES string of the molecule is CCn1[nH]c(=O)cc1-c1ccccc1C. The van der Waals surface area contributed by atoms with E-state index in [2.05, 4.69) is 5.10 Å². The Morgan fingerprint density at radius 1 is 1.33 bits per heavy atom. The molecule has 0 spiro atoms. The molecule has 0 aliphatic carbocycles. The highest BCUT2D eigenvalue weighted by atomic mass is 16.1. The Bertz CT molecular complexity index is 522. The minimum Gasteiger partial charge on any atom is -0.285 e. The molecule has 78 valence electrons. The summed E-state index contributed by atoms with van der Waals surface area (Å²) in [7, 11) is 0. The molecule has 0 fully saturated rings. The van der Waals surface area contributed by atoms with Crippen LogP contribution in [-0.4, -0.2) is 9.78 Å². The van der Waals surface area contributed by atoms with Gasteiger partial charge in [0.1, 0.15) is 0 Å². The number of aromatic nitrogens is 2. The van der Waals surface area contributed by atoms with Gasteiger partial charge in [0, 0.05) is 18.2 Å². The Labute approximate surface area is 88.4 Å². The first-order valence-corrected chi connectivity index (χ1v) is 5.08. The number of rotatable bonds is 2. The van der Waals surface area contributed by atoms with Crippen molar-refractivity contribution < 1.29 is 0 Å². The second-order valence-electron chi connectivity index (χ2n) is 3.56. The highest BCUT2D eigenvalue weighted by Crippen LogP contribution is 2.21. The van der Waals surface area contributed by atoms with Crippen LogP contribution >= 0.6 is 0 Å². The molecule has 1 aromatic carbocycles. The van der Waals surface area contributed by atoms with Crippen LogP contribution in [0.15, 0.2) is 35.1 Å². The van der Waals surface area contributed by atoms with E-state index in [1.54, 1.807) is 6.07 Å². The fourth-order valence-electron chi connectivity index (χ4n) is 1.76. The standard InChI is InChI=1S/C12H14N2O/c1-3-14-11(8-12(15)13-14)10-7-5-4-6-9(10)2/h4-8H,3H2,1-2H3,(H,13,15). The Morgan fingerprint density at radius 3 is 2.73 bits per heavy atom. The van der Waals surface area contributed by atoms with Crippen LogP contribution in [0.4, 0.5) is 0 Å². The Hall–Kier alpha value is -1.77. The van der Waals surface area contributed by atoms with E-state index in [-0.39, 0.29) is 5.56 Å². The van der Waals surface area contributed by atoms with Crippen molar-refractivity contribution in [2.45, 2.75) is 20.4 Å². The van der Waals surface area contributed by atoms with E-state index in [9.17, 15) is 4.79 Å². The lowest BCUT2D eigenvalue weighted by molar-refractivity contribution is 0.659. The molecule has 1 N–H and O–H groups in total. The molecule has 1 aromatic heterocycles. The van der Waals surface area contributed by atoms with Crippen LogP contribution in [0.5, 0.6) is 0 Å². The average Bonchev–Trinajstić information content (AvgIpc) is 2.60. The van der Waals surface area contributed by atoms with Crippen molar-refractivity contribution in [3.8, 4) is 11.3 Å². The lowest BCUT2D eigenvalue weighted by Crippen LogP contribution is -2.04. The molecule has 15 heavy (non-hydrogen) atoms. The van der Waals surface area contributed by atoms with Crippen molar-refractivity contribution in [3.63, 3.8) is 0 Å². The van der Waals surface area contributed by atoms with Gasteiger partial charge in [-0.05, 0) is 19.4 Å². The summed E-state index contributed by atoms with van der Waals surface area (Å²) in [5.41, 5.74) is 3.20. The number of hydrogen-bond donors (Lipinski definition) is 1. The van der Waals surface area contributed by atoms with Gasteiger partial charge in [0.15, 0.2) is 0 Å². The number of benzene rings is 1. The third kappa shape index (κ3) is 1.73. The van der Waals surface area contributed by atoms with Gasteiger partial charge in [0.2, 0.25) is 0 Å². The zero-order valence-corrected chi connectivity index (χ0v) is 8.95. The first-order valence-electron chi connectivity index (χ1n) is 5.08. The first kappa shape index (κ1) is 9.77. The third-order valence-electron chi connectivity index (χ3n) is 2.54. The molecule has 0 saturated carbocycles. The number of nitrogens with one attached hydrogen (secondary N) is 1. The summed E-state index contributed by atoms with van der Waals surface area (Å²) >= 11 is 0. The predicted octanol–water partition coefficient (Wildman–Crippen LogP) is 2.17. The topological polar surface area (TPSA) is 37.8 Å². The van der Waals surface area contributed by atoms with Gasteiger partial charge in [-0.2, -0.15) is 0 Å². The second-order valence-corrected chi connectivity index (χ2v) is 3.56. The number of aryl methyl sites for hydroxylation is 2. The summed E-state index contributed by atoms with van der Waals surface area (Å²) in [6.07, 6.45) is 0. The Kier molecular flexibility index (Phi) is 2.46. The summed E-state index contributed by atoms with van der Waals surface area (Å²) in [6.45, 7) is 4.83. The molecule has 1 heterocycles. The monoisotopic (exact) mass is 202 g/mol. The average molecular weight is 202 g/mol. The van der Waals surface area contributed by atoms with Gasteiger partial charge in [-0.3, -0.25) is 14.6 Å². The predicted molar refractivity (Wildman–Crippen MR) is 60.9 cm³/mol.